The van der Waals surface area contributed by atoms with E-state index < -0.39 is 5.82 Å². The maximum atomic E-state index is 15.3. The summed E-state index contributed by atoms with van der Waals surface area (Å²) in [6, 6.07) is 9.37. The van der Waals surface area contributed by atoms with Crippen molar-refractivity contribution in [2.24, 2.45) is 5.73 Å². The molecule has 35 heavy (non-hydrogen) atoms. The number of halogens is 3. The molecule has 0 saturated carbocycles. The Morgan fingerprint density at radius 1 is 1.20 bits per heavy atom. The van der Waals surface area contributed by atoms with Gasteiger partial charge < -0.3 is 20.6 Å². The second-order valence-corrected chi connectivity index (χ2v) is 8.51. The van der Waals surface area contributed by atoms with Crippen LogP contribution in [0.2, 0.25) is 10.0 Å². The van der Waals surface area contributed by atoms with Crippen LogP contribution in [0.1, 0.15) is 24.3 Å². The fraction of sp³-hybridized carbons (Fsp3) is 0.0800. The molecule has 2 aromatic carbocycles. The van der Waals surface area contributed by atoms with Crippen molar-refractivity contribution in [3.05, 3.63) is 98.1 Å². The lowest BCUT2D eigenvalue weighted by Gasteiger charge is -2.12. The molecule has 0 fully saturated rings. The predicted molar refractivity (Wildman–Crippen MR) is 135 cm³/mol. The van der Waals surface area contributed by atoms with Crippen LogP contribution in [0.3, 0.4) is 0 Å². The van der Waals surface area contributed by atoms with Crippen LogP contribution < -0.4 is 26.6 Å². The molecule has 0 spiro atoms. The van der Waals surface area contributed by atoms with E-state index in [1.165, 1.54) is 24.3 Å². The number of allylic oxidation sites excluding steroid dienone is 2. The molecule has 4 rings (SSSR count). The second kappa shape index (κ2) is 10.2. The summed E-state index contributed by atoms with van der Waals surface area (Å²) in [4.78, 5) is 4.10. The summed E-state index contributed by atoms with van der Waals surface area (Å²) in [6.07, 6.45) is 5.05. The maximum absolute atomic E-state index is 15.3. The first-order chi connectivity index (χ1) is 16.7. The molecule has 0 aliphatic rings. The Labute approximate surface area is 210 Å². The van der Waals surface area contributed by atoms with Crippen molar-refractivity contribution >= 4 is 47.1 Å². The van der Waals surface area contributed by atoms with Gasteiger partial charge in [-0.2, -0.15) is 0 Å². The normalized spacial score (nSPS) is 12.5. The van der Waals surface area contributed by atoms with Crippen molar-refractivity contribution in [1.29, 1.82) is 0 Å². The zero-order valence-corrected chi connectivity index (χ0v) is 20.1. The smallest absolute Gasteiger partial charge is 0.249 e. The molecule has 0 amide bonds. The summed E-state index contributed by atoms with van der Waals surface area (Å²) in [5.41, 5.74) is 13.4. The lowest BCUT2D eigenvalue weighted by atomic mass is 10.1. The number of nitrogens with two attached hydrogens (primary N) is 2. The Bertz CT molecular complexity index is 1530. The third-order valence-corrected chi connectivity index (χ3v) is 5.47. The Hall–Kier alpha value is -3.88. The number of anilines is 1. The number of pyridine rings is 1. The molecule has 0 bridgehead atoms. The third-order valence-electron chi connectivity index (χ3n) is 4.95. The Balaban J connectivity index is 1.64. The summed E-state index contributed by atoms with van der Waals surface area (Å²) in [6.45, 7) is 5.68. The van der Waals surface area contributed by atoms with E-state index in [-0.39, 0.29) is 40.3 Å². The second-order valence-electron chi connectivity index (χ2n) is 7.67. The Morgan fingerprint density at radius 3 is 2.71 bits per heavy atom. The highest BCUT2D eigenvalue weighted by Crippen LogP contribution is 2.36. The number of ether oxygens (including phenoxy) is 1. The number of rotatable bonds is 6. The Morgan fingerprint density at radius 2 is 2.00 bits per heavy atom. The molecule has 2 aromatic heterocycles. The average molecular weight is 512 g/mol. The minimum absolute atomic E-state index is 0.00553. The molecule has 4 aromatic rings. The van der Waals surface area contributed by atoms with E-state index in [1.54, 1.807) is 37.5 Å². The molecule has 178 valence electrons. The molecule has 0 unspecified atom stereocenters. The molecule has 0 radical (unpaired) electrons. The van der Waals surface area contributed by atoms with Crippen LogP contribution >= 0.6 is 23.2 Å². The van der Waals surface area contributed by atoms with E-state index >= 15 is 4.39 Å². The summed E-state index contributed by atoms with van der Waals surface area (Å²) >= 11 is 12.2. The number of hydrogen-bond acceptors (Lipinski definition) is 7. The van der Waals surface area contributed by atoms with Gasteiger partial charge in [0, 0.05) is 45.6 Å². The highest BCUT2D eigenvalue weighted by Gasteiger charge is 2.19. The number of benzene rings is 2. The van der Waals surface area contributed by atoms with Gasteiger partial charge in [-0.1, -0.05) is 35.8 Å². The molecule has 0 atom stereocenters. The van der Waals surface area contributed by atoms with Crippen molar-refractivity contribution in [3.8, 4) is 11.5 Å². The summed E-state index contributed by atoms with van der Waals surface area (Å²) in [5, 5.41) is 10.1. The fourth-order valence-corrected chi connectivity index (χ4v) is 3.64. The van der Waals surface area contributed by atoms with Crippen LogP contribution in [0.15, 0.2) is 58.9 Å². The van der Waals surface area contributed by atoms with E-state index in [2.05, 4.69) is 21.8 Å². The minimum atomic E-state index is -0.676. The van der Waals surface area contributed by atoms with Crippen molar-refractivity contribution in [2.45, 2.75) is 13.3 Å². The standard InChI is InChI=1S/C25H20Cl2FN5O2/c1-13-5-6-31-12-16(13)7-20(14(2)29)25-33-32-22(35-25)8-15-3-4-21(27)24(23(15)28)34-19-10-17(26)9-18(30)11-19/h3-7,9-12H,1,8,29-30H2,2H3/b16-7-,20-14+. The fourth-order valence-electron chi connectivity index (χ4n) is 3.23. The van der Waals surface area contributed by atoms with Crippen LogP contribution in [-0.2, 0) is 6.42 Å². The van der Waals surface area contributed by atoms with Crippen LogP contribution in [0.5, 0.6) is 11.5 Å². The van der Waals surface area contributed by atoms with Gasteiger partial charge in [0.2, 0.25) is 11.8 Å². The molecule has 4 N–H and O–H groups in total. The summed E-state index contributed by atoms with van der Waals surface area (Å²) in [7, 11) is 0. The average Bonchev–Trinajstić information content (AvgIpc) is 3.25. The topological polar surface area (TPSA) is 113 Å². The van der Waals surface area contributed by atoms with Crippen LogP contribution in [0.25, 0.3) is 18.2 Å². The highest BCUT2D eigenvalue weighted by atomic mass is 35.5. The van der Waals surface area contributed by atoms with Crippen LogP contribution in [0, 0.1) is 5.82 Å². The van der Waals surface area contributed by atoms with Gasteiger partial charge in [-0.15, -0.1) is 10.2 Å². The lowest BCUT2D eigenvalue weighted by Crippen LogP contribution is -2.23. The van der Waals surface area contributed by atoms with Gasteiger partial charge in [0.05, 0.1) is 17.0 Å². The molecule has 7 nitrogen and oxygen atoms in total. The predicted octanol–water partition coefficient (Wildman–Crippen LogP) is 4.46. The van der Waals surface area contributed by atoms with E-state index in [0.29, 0.717) is 22.0 Å². The van der Waals surface area contributed by atoms with Gasteiger partial charge in [0.25, 0.3) is 0 Å². The SMILES string of the molecule is C=c1ccnc/c1=C/C(=C(/C)N)c1nnc(Cc2ccc(Cl)c(Oc3cc(N)cc(Cl)c3)c2F)o1. The van der Waals surface area contributed by atoms with Crippen molar-refractivity contribution in [3.63, 3.8) is 0 Å². The van der Waals surface area contributed by atoms with Gasteiger partial charge in [-0.05, 0) is 42.5 Å². The number of hydrogen-bond donors (Lipinski definition) is 2. The van der Waals surface area contributed by atoms with Gasteiger partial charge >= 0.3 is 0 Å². The van der Waals surface area contributed by atoms with E-state index in [0.717, 1.165) is 10.4 Å². The monoisotopic (exact) mass is 511 g/mol. The third kappa shape index (κ3) is 5.62. The molecular weight excluding hydrogens is 492 g/mol. The largest absolute Gasteiger partial charge is 0.453 e. The quantitative estimate of drug-likeness (QED) is 0.367. The Kier molecular flexibility index (Phi) is 7.04. The number of nitrogen functional groups attached to an aromatic ring is 1. The first-order valence-corrected chi connectivity index (χ1v) is 11.1. The van der Waals surface area contributed by atoms with Gasteiger partial charge in [0.1, 0.15) is 5.75 Å². The van der Waals surface area contributed by atoms with Crippen molar-refractivity contribution < 1.29 is 13.5 Å². The van der Waals surface area contributed by atoms with Crippen molar-refractivity contribution in [2.75, 3.05) is 5.73 Å². The maximum Gasteiger partial charge on any atom is 0.249 e. The zero-order chi connectivity index (χ0) is 25.1. The summed E-state index contributed by atoms with van der Waals surface area (Å²) in [5.74, 6) is -0.241. The first kappa shape index (κ1) is 24.3. The molecule has 0 aliphatic heterocycles. The van der Waals surface area contributed by atoms with Gasteiger partial charge in [-0.3, -0.25) is 4.98 Å². The minimum Gasteiger partial charge on any atom is -0.453 e. The van der Waals surface area contributed by atoms with E-state index in [9.17, 15) is 0 Å². The lowest BCUT2D eigenvalue weighted by molar-refractivity contribution is 0.436. The molecular formula is C25H20Cl2FN5O2. The van der Waals surface area contributed by atoms with Crippen LogP contribution in [-0.4, -0.2) is 15.2 Å². The van der Waals surface area contributed by atoms with E-state index in [1.807, 2.05) is 0 Å². The van der Waals surface area contributed by atoms with E-state index in [4.69, 9.17) is 43.8 Å². The number of nitrogens with zero attached hydrogens (tertiary/aromatic N) is 3. The van der Waals surface area contributed by atoms with Crippen molar-refractivity contribution in [1.82, 2.24) is 15.2 Å². The van der Waals surface area contributed by atoms with Gasteiger partial charge in [-0.25, -0.2) is 4.39 Å². The first-order valence-electron chi connectivity index (χ1n) is 10.3. The molecule has 0 aliphatic carbocycles. The molecule has 10 heteroatoms. The van der Waals surface area contributed by atoms with Gasteiger partial charge in [0.15, 0.2) is 11.6 Å². The summed E-state index contributed by atoms with van der Waals surface area (Å²) < 4.78 is 26.8. The number of aromatic nitrogens is 3. The molecule has 2 heterocycles. The zero-order valence-electron chi connectivity index (χ0n) is 18.6. The molecule has 0 saturated heterocycles. The van der Waals surface area contributed by atoms with Crippen LogP contribution in [0.4, 0.5) is 10.1 Å². The highest BCUT2D eigenvalue weighted by molar-refractivity contribution is 6.32.